The van der Waals surface area contributed by atoms with Crippen molar-refractivity contribution < 1.29 is 19.0 Å². The topological polar surface area (TPSA) is 70.8 Å². The monoisotopic (exact) mass is 329 g/mol. The van der Waals surface area contributed by atoms with Crippen molar-refractivity contribution >= 4 is 5.97 Å². The molecular weight excluding hydrogens is 306 g/mol. The minimum atomic E-state index is -0.450. The molecule has 2 rings (SSSR count). The van der Waals surface area contributed by atoms with Crippen LogP contribution < -0.4 is 15.2 Å². The zero-order chi connectivity index (χ0) is 17.4. The smallest absolute Gasteiger partial charge is 0.307 e. The molecule has 5 nitrogen and oxygen atoms in total. The summed E-state index contributed by atoms with van der Waals surface area (Å²) >= 11 is 0. The highest BCUT2D eigenvalue weighted by molar-refractivity contribution is 5.70. The third-order valence-electron chi connectivity index (χ3n) is 3.54. The summed E-state index contributed by atoms with van der Waals surface area (Å²) in [4.78, 5) is 11.6. The Morgan fingerprint density at radius 3 is 2.54 bits per heavy atom. The van der Waals surface area contributed by atoms with E-state index in [1.165, 1.54) is 0 Å². The highest BCUT2D eigenvalue weighted by atomic mass is 16.5. The van der Waals surface area contributed by atoms with Gasteiger partial charge in [-0.3, -0.25) is 4.79 Å². The van der Waals surface area contributed by atoms with Crippen LogP contribution >= 0.6 is 0 Å². The van der Waals surface area contributed by atoms with Crippen LogP contribution in [0.3, 0.4) is 0 Å². The normalized spacial score (nSPS) is 11.6. The van der Waals surface area contributed by atoms with E-state index in [0.717, 1.165) is 11.1 Å². The predicted molar refractivity (Wildman–Crippen MR) is 91.9 cm³/mol. The zero-order valence-corrected chi connectivity index (χ0v) is 14.0. The van der Waals surface area contributed by atoms with Gasteiger partial charge in [0, 0.05) is 6.04 Å². The van der Waals surface area contributed by atoms with Gasteiger partial charge in [0.25, 0.3) is 0 Å². The van der Waals surface area contributed by atoms with Crippen molar-refractivity contribution in [2.24, 2.45) is 5.73 Å². The molecule has 0 aliphatic carbocycles. The fraction of sp³-hybridized carbons (Fsp3) is 0.316. The van der Waals surface area contributed by atoms with Gasteiger partial charge in [0.05, 0.1) is 20.1 Å². The molecule has 0 bridgehead atoms. The number of nitrogens with two attached hydrogens (primary N) is 1. The number of hydrogen-bond donors (Lipinski definition) is 1. The molecule has 0 saturated heterocycles. The van der Waals surface area contributed by atoms with Crippen molar-refractivity contribution in [2.45, 2.75) is 26.0 Å². The Hall–Kier alpha value is -2.53. The predicted octanol–water partition coefficient (Wildman–Crippen LogP) is 3.23. The fourth-order valence-corrected chi connectivity index (χ4v) is 2.29. The largest absolute Gasteiger partial charge is 0.493 e. The lowest BCUT2D eigenvalue weighted by atomic mass is 10.0. The number of methoxy groups -OCH3 is 1. The Labute approximate surface area is 142 Å². The first-order valence-corrected chi connectivity index (χ1v) is 7.90. The molecule has 128 valence electrons. The minimum absolute atomic E-state index is 0.123. The molecule has 0 aliphatic heterocycles. The Morgan fingerprint density at radius 1 is 1.12 bits per heavy atom. The summed E-state index contributed by atoms with van der Waals surface area (Å²) < 4.78 is 16.1. The van der Waals surface area contributed by atoms with Crippen molar-refractivity contribution in [1.82, 2.24) is 0 Å². The van der Waals surface area contributed by atoms with Gasteiger partial charge in [-0.05, 0) is 30.2 Å². The number of rotatable bonds is 8. The maximum absolute atomic E-state index is 11.6. The van der Waals surface area contributed by atoms with Crippen LogP contribution in [0, 0.1) is 0 Å². The van der Waals surface area contributed by atoms with Crippen LogP contribution in [0.1, 0.15) is 30.5 Å². The lowest BCUT2D eigenvalue weighted by molar-refractivity contribution is -0.143. The van der Waals surface area contributed by atoms with Crippen molar-refractivity contribution in [1.29, 1.82) is 0 Å². The molecule has 0 heterocycles. The third kappa shape index (κ3) is 4.99. The van der Waals surface area contributed by atoms with E-state index >= 15 is 0 Å². The van der Waals surface area contributed by atoms with Crippen LogP contribution in [-0.2, 0) is 16.1 Å². The van der Waals surface area contributed by atoms with E-state index in [9.17, 15) is 4.79 Å². The second-order valence-electron chi connectivity index (χ2n) is 5.30. The van der Waals surface area contributed by atoms with E-state index in [0.29, 0.717) is 24.7 Å². The summed E-state index contributed by atoms with van der Waals surface area (Å²) in [6, 6.07) is 14.8. The van der Waals surface area contributed by atoms with Crippen LogP contribution in [0.25, 0.3) is 0 Å². The van der Waals surface area contributed by atoms with Gasteiger partial charge in [-0.15, -0.1) is 0 Å². The van der Waals surface area contributed by atoms with E-state index in [-0.39, 0.29) is 12.4 Å². The molecule has 0 fully saturated rings. The Kier molecular flexibility index (Phi) is 6.63. The summed E-state index contributed by atoms with van der Waals surface area (Å²) in [6.45, 7) is 2.54. The van der Waals surface area contributed by atoms with E-state index in [4.69, 9.17) is 19.9 Å². The van der Waals surface area contributed by atoms with Gasteiger partial charge in [0.1, 0.15) is 6.61 Å². The molecule has 0 aromatic heterocycles. The second-order valence-corrected chi connectivity index (χ2v) is 5.30. The molecule has 0 saturated carbocycles. The Bertz CT molecular complexity index is 658. The molecule has 2 aromatic rings. The van der Waals surface area contributed by atoms with Gasteiger partial charge in [0.2, 0.25) is 0 Å². The van der Waals surface area contributed by atoms with Crippen molar-refractivity contribution in [3.63, 3.8) is 0 Å². The molecule has 0 spiro atoms. The van der Waals surface area contributed by atoms with Crippen molar-refractivity contribution in [2.75, 3.05) is 13.7 Å². The molecule has 0 aliphatic rings. The van der Waals surface area contributed by atoms with Crippen LogP contribution in [0.15, 0.2) is 48.5 Å². The van der Waals surface area contributed by atoms with Gasteiger partial charge < -0.3 is 19.9 Å². The number of esters is 1. The Balaban J connectivity index is 2.10. The molecule has 0 radical (unpaired) electrons. The number of carbonyl (C=O) groups is 1. The first-order chi connectivity index (χ1) is 11.6. The molecule has 0 unspecified atom stereocenters. The third-order valence-corrected chi connectivity index (χ3v) is 3.54. The SMILES string of the molecule is CCOC(=O)C[C@H](N)c1ccc(OC)c(OCc2ccccc2)c1. The van der Waals surface area contributed by atoms with Gasteiger partial charge in [-0.25, -0.2) is 0 Å². The summed E-state index contributed by atoms with van der Waals surface area (Å²) in [7, 11) is 1.59. The highest BCUT2D eigenvalue weighted by Gasteiger charge is 2.15. The molecule has 2 aromatic carbocycles. The summed E-state index contributed by atoms with van der Waals surface area (Å²) in [5.74, 6) is 0.906. The quantitative estimate of drug-likeness (QED) is 0.753. The van der Waals surface area contributed by atoms with Gasteiger partial charge >= 0.3 is 5.97 Å². The maximum atomic E-state index is 11.6. The molecule has 1 atom stereocenters. The standard InChI is InChI=1S/C19H23NO4/c1-3-23-19(21)12-16(20)15-9-10-17(22-2)18(11-15)24-13-14-7-5-4-6-8-14/h4-11,16H,3,12-13,20H2,1-2H3/t16-/m0/s1. The average molecular weight is 329 g/mol. The number of benzene rings is 2. The summed E-state index contributed by atoms with van der Waals surface area (Å²) in [6.07, 6.45) is 0.123. The van der Waals surface area contributed by atoms with E-state index in [1.54, 1.807) is 20.1 Å². The van der Waals surface area contributed by atoms with Crippen molar-refractivity contribution in [3.8, 4) is 11.5 Å². The molecule has 2 N–H and O–H groups in total. The lowest BCUT2D eigenvalue weighted by Crippen LogP contribution is -2.17. The van der Waals surface area contributed by atoms with Gasteiger partial charge in [-0.2, -0.15) is 0 Å². The van der Waals surface area contributed by atoms with Crippen LogP contribution in [0.2, 0.25) is 0 Å². The lowest BCUT2D eigenvalue weighted by Gasteiger charge is -2.16. The van der Waals surface area contributed by atoms with E-state index in [2.05, 4.69) is 0 Å². The molecular formula is C19H23NO4. The van der Waals surface area contributed by atoms with Crippen LogP contribution in [0.4, 0.5) is 0 Å². The van der Waals surface area contributed by atoms with Gasteiger partial charge in [0.15, 0.2) is 11.5 Å². The zero-order valence-electron chi connectivity index (χ0n) is 14.0. The summed E-state index contributed by atoms with van der Waals surface area (Å²) in [5.41, 5.74) is 7.95. The number of hydrogen-bond acceptors (Lipinski definition) is 5. The first kappa shape index (κ1) is 17.8. The van der Waals surface area contributed by atoms with E-state index in [1.807, 2.05) is 42.5 Å². The maximum Gasteiger partial charge on any atom is 0.307 e. The number of ether oxygens (including phenoxy) is 3. The van der Waals surface area contributed by atoms with Crippen molar-refractivity contribution in [3.05, 3.63) is 59.7 Å². The second kappa shape index (κ2) is 8.93. The van der Waals surface area contributed by atoms with Gasteiger partial charge in [-0.1, -0.05) is 36.4 Å². The highest BCUT2D eigenvalue weighted by Crippen LogP contribution is 2.31. The fourth-order valence-electron chi connectivity index (χ4n) is 2.29. The molecule has 5 heteroatoms. The number of carbonyl (C=O) groups excluding carboxylic acids is 1. The first-order valence-electron chi connectivity index (χ1n) is 7.90. The average Bonchev–Trinajstić information content (AvgIpc) is 2.60. The van der Waals surface area contributed by atoms with Crippen LogP contribution in [-0.4, -0.2) is 19.7 Å². The van der Waals surface area contributed by atoms with E-state index < -0.39 is 6.04 Å². The molecule has 24 heavy (non-hydrogen) atoms. The Morgan fingerprint density at radius 2 is 1.88 bits per heavy atom. The molecule has 0 amide bonds. The van der Waals surface area contributed by atoms with Crippen LogP contribution in [0.5, 0.6) is 11.5 Å². The minimum Gasteiger partial charge on any atom is -0.493 e. The summed E-state index contributed by atoms with van der Waals surface area (Å²) in [5, 5.41) is 0.